The van der Waals surface area contributed by atoms with Crippen molar-refractivity contribution in [2.24, 2.45) is 0 Å². The molecule has 2 rings (SSSR count). The van der Waals surface area contributed by atoms with Crippen molar-refractivity contribution in [3.8, 4) is 0 Å². The standard InChI is InChI=1S/C13H18F2N2O2S/c1-2-17(11-5-7-16-8-6-11)20(18,19)13-4-3-10(14)9-12(13)15/h3-4,9,11,16H,2,5-8H2,1H3. The highest BCUT2D eigenvalue weighted by atomic mass is 32.2. The van der Waals surface area contributed by atoms with Crippen LogP contribution in [0, 0.1) is 11.6 Å². The normalized spacial score (nSPS) is 17.6. The van der Waals surface area contributed by atoms with Crippen LogP contribution in [0.4, 0.5) is 8.78 Å². The molecule has 1 heterocycles. The summed E-state index contributed by atoms with van der Waals surface area (Å²) < 4.78 is 53.1. The minimum atomic E-state index is -3.93. The lowest BCUT2D eigenvalue weighted by Crippen LogP contribution is -2.46. The fourth-order valence-electron chi connectivity index (χ4n) is 2.53. The number of sulfonamides is 1. The van der Waals surface area contributed by atoms with Crippen molar-refractivity contribution in [2.75, 3.05) is 19.6 Å². The molecule has 0 aromatic heterocycles. The van der Waals surface area contributed by atoms with Crippen molar-refractivity contribution in [3.63, 3.8) is 0 Å². The van der Waals surface area contributed by atoms with E-state index in [1.165, 1.54) is 4.31 Å². The Bertz CT molecular complexity index is 572. The van der Waals surface area contributed by atoms with Gasteiger partial charge in [0, 0.05) is 18.7 Å². The van der Waals surface area contributed by atoms with E-state index in [1.54, 1.807) is 6.92 Å². The van der Waals surface area contributed by atoms with Crippen LogP contribution in [0.15, 0.2) is 23.1 Å². The molecule has 0 atom stereocenters. The number of piperidine rings is 1. The van der Waals surface area contributed by atoms with Crippen LogP contribution in [-0.4, -0.2) is 38.4 Å². The topological polar surface area (TPSA) is 49.4 Å². The molecule has 20 heavy (non-hydrogen) atoms. The lowest BCUT2D eigenvalue weighted by Gasteiger charge is -2.33. The first kappa shape index (κ1) is 15.3. The summed E-state index contributed by atoms with van der Waals surface area (Å²) >= 11 is 0. The summed E-state index contributed by atoms with van der Waals surface area (Å²) in [6.07, 6.45) is 1.38. The van der Waals surface area contributed by atoms with E-state index < -0.39 is 26.6 Å². The third-order valence-electron chi connectivity index (χ3n) is 3.51. The first-order chi connectivity index (χ1) is 9.46. The van der Waals surface area contributed by atoms with Crippen LogP contribution in [0.2, 0.25) is 0 Å². The van der Waals surface area contributed by atoms with Crippen LogP contribution >= 0.6 is 0 Å². The molecule has 1 saturated heterocycles. The Kier molecular flexibility index (Phi) is 4.72. The number of nitrogens with zero attached hydrogens (tertiary/aromatic N) is 1. The highest BCUT2D eigenvalue weighted by Gasteiger charge is 2.32. The largest absolute Gasteiger partial charge is 0.317 e. The van der Waals surface area contributed by atoms with Gasteiger partial charge >= 0.3 is 0 Å². The summed E-state index contributed by atoms with van der Waals surface area (Å²) in [6.45, 7) is 3.47. The van der Waals surface area contributed by atoms with Crippen LogP contribution in [0.5, 0.6) is 0 Å². The quantitative estimate of drug-likeness (QED) is 0.921. The number of hydrogen-bond donors (Lipinski definition) is 1. The molecule has 4 nitrogen and oxygen atoms in total. The number of hydrogen-bond acceptors (Lipinski definition) is 3. The molecule has 1 aliphatic heterocycles. The maximum absolute atomic E-state index is 13.8. The number of benzene rings is 1. The van der Waals surface area contributed by atoms with Crippen LogP contribution in [0.25, 0.3) is 0 Å². The molecule has 7 heteroatoms. The van der Waals surface area contributed by atoms with E-state index >= 15 is 0 Å². The minimum absolute atomic E-state index is 0.143. The summed E-state index contributed by atoms with van der Waals surface area (Å²) in [4.78, 5) is -0.459. The second-order valence-corrected chi connectivity index (χ2v) is 6.62. The van der Waals surface area contributed by atoms with Gasteiger partial charge in [0.25, 0.3) is 0 Å². The zero-order valence-corrected chi connectivity index (χ0v) is 12.1. The molecule has 1 aromatic rings. The molecule has 1 aliphatic rings. The molecular weight excluding hydrogens is 286 g/mol. The Morgan fingerprint density at radius 3 is 2.50 bits per heavy atom. The van der Waals surface area contributed by atoms with E-state index in [0.717, 1.165) is 25.2 Å². The SMILES string of the molecule is CCN(C1CCNCC1)S(=O)(=O)c1ccc(F)cc1F. The Labute approximate surface area is 117 Å². The summed E-state index contributed by atoms with van der Waals surface area (Å²) in [5.41, 5.74) is 0. The Hall–Kier alpha value is -1.05. The van der Waals surface area contributed by atoms with Crippen molar-refractivity contribution >= 4 is 10.0 Å². The van der Waals surface area contributed by atoms with Gasteiger partial charge in [0.1, 0.15) is 16.5 Å². The van der Waals surface area contributed by atoms with Crippen LogP contribution < -0.4 is 5.32 Å². The Morgan fingerprint density at radius 1 is 1.30 bits per heavy atom. The summed E-state index contributed by atoms with van der Waals surface area (Å²) in [5, 5.41) is 3.16. The first-order valence-electron chi connectivity index (χ1n) is 6.64. The number of halogens is 2. The fraction of sp³-hybridized carbons (Fsp3) is 0.538. The zero-order chi connectivity index (χ0) is 14.8. The van der Waals surface area contributed by atoms with Gasteiger partial charge in [-0.1, -0.05) is 6.92 Å². The van der Waals surface area contributed by atoms with Crippen molar-refractivity contribution < 1.29 is 17.2 Å². The monoisotopic (exact) mass is 304 g/mol. The number of nitrogens with one attached hydrogen (secondary N) is 1. The fourth-order valence-corrected chi connectivity index (χ4v) is 4.27. The smallest absolute Gasteiger partial charge is 0.246 e. The summed E-state index contributed by atoms with van der Waals surface area (Å²) in [7, 11) is -3.93. The highest BCUT2D eigenvalue weighted by Crippen LogP contribution is 2.24. The molecule has 0 aliphatic carbocycles. The van der Waals surface area contributed by atoms with Crippen molar-refractivity contribution in [1.82, 2.24) is 9.62 Å². The van der Waals surface area contributed by atoms with E-state index in [2.05, 4.69) is 5.32 Å². The van der Waals surface area contributed by atoms with Crippen molar-refractivity contribution in [3.05, 3.63) is 29.8 Å². The van der Waals surface area contributed by atoms with E-state index in [0.29, 0.717) is 18.9 Å². The molecule has 0 amide bonds. The highest BCUT2D eigenvalue weighted by molar-refractivity contribution is 7.89. The predicted octanol–water partition coefficient (Wildman–Crippen LogP) is 1.73. The van der Waals surface area contributed by atoms with Gasteiger partial charge < -0.3 is 5.32 Å². The van der Waals surface area contributed by atoms with E-state index in [1.807, 2.05) is 0 Å². The first-order valence-corrected chi connectivity index (χ1v) is 8.08. The molecule has 1 fully saturated rings. The van der Waals surface area contributed by atoms with Gasteiger partial charge in [0.15, 0.2) is 0 Å². The lowest BCUT2D eigenvalue weighted by atomic mass is 10.1. The van der Waals surface area contributed by atoms with Gasteiger partial charge in [-0.2, -0.15) is 4.31 Å². The molecule has 0 spiro atoms. The zero-order valence-electron chi connectivity index (χ0n) is 11.3. The van der Waals surface area contributed by atoms with E-state index in [-0.39, 0.29) is 12.6 Å². The maximum Gasteiger partial charge on any atom is 0.246 e. The second-order valence-electron chi connectivity index (χ2n) is 4.76. The molecule has 1 aromatic carbocycles. The minimum Gasteiger partial charge on any atom is -0.317 e. The number of rotatable bonds is 4. The van der Waals surface area contributed by atoms with Gasteiger partial charge in [-0.15, -0.1) is 0 Å². The van der Waals surface area contributed by atoms with E-state index in [4.69, 9.17) is 0 Å². The van der Waals surface area contributed by atoms with Gasteiger partial charge in [0.05, 0.1) is 0 Å². The molecular formula is C13H18F2N2O2S. The summed E-state index contributed by atoms with van der Waals surface area (Å²) in [5.74, 6) is -1.83. The van der Waals surface area contributed by atoms with Crippen molar-refractivity contribution in [1.29, 1.82) is 0 Å². The molecule has 0 unspecified atom stereocenters. The lowest BCUT2D eigenvalue weighted by molar-refractivity contribution is 0.270. The maximum atomic E-state index is 13.8. The third-order valence-corrected chi connectivity index (χ3v) is 5.57. The molecule has 0 saturated carbocycles. The third kappa shape index (κ3) is 2.99. The van der Waals surface area contributed by atoms with Crippen LogP contribution in [-0.2, 0) is 10.0 Å². The van der Waals surface area contributed by atoms with E-state index in [9.17, 15) is 17.2 Å². The molecule has 0 radical (unpaired) electrons. The second kappa shape index (κ2) is 6.15. The summed E-state index contributed by atoms with van der Waals surface area (Å²) in [6, 6.07) is 2.41. The van der Waals surface area contributed by atoms with Crippen molar-refractivity contribution in [2.45, 2.75) is 30.7 Å². The van der Waals surface area contributed by atoms with Crippen LogP contribution in [0.3, 0.4) is 0 Å². The van der Waals surface area contributed by atoms with Gasteiger partial charge in [-0.05, 0) is 38.1 Å². The van der Waals surface area contributed by atoms with Gasteiger partial charge in [0.2, 0.25) is 10.0 Å². The van der Waals surface area contributed by atoms with Gasteiger partial charge in [-0.3, -0.25) is 0 Å². The average Bonchev–Trinajstić information content (AvgIpc) is 2.40. The predicted molar refractivity (Wildman–Crippen MR) is 71.8 cm³/mol. The van der Waals surface area contributed by atoms with Crippen LogP contribution in [0.1, 0.15) is 19.8 Å². The average molecular weight is 304 g/mol. The molecule has 112 valence electrons. The Morgan fingerprint density at radius 2 is 1.95 bits per heavy atom. The Balaban J connectivity index is 2.35. The molecule has 1 N–H and O–H groups in total. The molecule has 0 bridgehead atoms. The van der Waals surface area contributed by atoms with Gasteiger partial charge in [-0.25, -0.2) is 17.2 Å².